The maximum absolute atomic E-state index is 13.0. The first-order chi connectivity index (χ1) is 14.4. The Labute approximate surface area is 175 Å². The molecule has 1 aromatic rings. The molecule has 0 spiro atoms. The van der Waals surface area contributed by atoms with E-state index in [9.17, 15) is 24.3 Å². The summed E-state index contributed by atoms with van der Waals surface area (Å²) in [6.45, 7) is 1.09. The molecule has 4 rings (SSSR count). The molecule has 0 aromatic heterocycles. The van der Waals surface area contributed by atoms with E-state index in [1.165, 1.54) is 4.90 Å². The van der Waals surface area contributed by atoms with Crippen LogP contribution in [0, 0.1) is 5.41 Å². The molecule has 8 nitrogen and oxygen atoms in total. The average molecular weight is 413 g/mol. The lowest BCUT2D eigenvalue weighted by Crippen LogP contribution is -2.55. The molecule has 1 saturated carbocycles. The summed E-state index contributed by atoms with van der Waals surface area (Å²) in [6.07, 6.45) is 3.58. The second kappa shape index (κ2) is 8.08. The molecule has 1 N–H and O–H groups in total. The number of carboxylic acids is 1. The fourth-order valence-corrected chi connectivity index (χ4v) is 5.08. The summed E-state index contributed by atoms with van der Waals surface area (Å²) in [5.41, 5.74) is 0.401. The van der Waals surface area contributed by atoms with Crippen LogP contribution in [0.1, 0.15) is 44.1 Å². The van der Waals surface area contributed by atoms with Crippen LogP contribution in [0.15, 0.2) is 30.3 Å². The van der Waals surface area contributed by atoms with Crippen LogP contribution in [-0.4, -0.2) is 69.3 Å². The Morgan fingerprint density at radius 1 is 1.03 bits per heavy atom. The second-order valence-electron chi connectivity index (χ2n) is 8.70. The second-order valence-corrected chi connectivity index (χ2v) is 8.70. The Hall–Kier alpha value is -2.90. The molecule has 1 aromatic carbocycles. The van der Waals surface area contributed by atoms with Gasteiger partial charge in [0.05, 0.1) is 19.5 Å². The molecule has 2 aliphatic heterocycles. The Morgan fingerprint density at radius 2 is 1.73 bits per heavy atom. The van der Waals surface area contributed by atoms with Crippen LogP contribution < -0.4 is 0 Å². The smallest absolute Gasteiger partial charge is 0.327 e. The van der Waals surface area contributed by atoms with E-state index in [1.54, 1.807) is 9.80 Å². The maximum atomic E-state index is 13.0. The Morgan fingerprint density at radius 3 is 2.40 bits per heavy atom. The number of hydrogen-bond acceptors (Lipinski definition) is 4. The van der Waals surface area contributed by atoms with E-state index in [4.69, 9.17) is 0 Å². The third-order valence-electron chi connectivity index (χ3n) is 6.66. The number of imide groups is 1. The van der Waals surface area contributed by atoms with Crippen LogP contribution in [0.5, 0.6) is 0 Å². The Bertz CT molecular complexity index is 850. The topological polar surface area (TPSA) is 98.2 Å². The summed E-state index contributed by atoms with van der Waals surface area (Å²) >= 11 is 0. The van der Waals surface area contributed by atoms with Gasteiger partial charge in [-0.05, 0) is 23.8 Å². The van der Waals surface area contributed by atoms with Crippen molar-refractivity contribution in [3.05, 3.63) is 35.9 Å². The van der Waals surface area contributed by atoms with Gasteiger partial charge in [-0.25, -0.2) is 4.79 Å². The lowest BCUT2D eigenvalue weighted by Gasteiger charge is -2.37. The molecule has 1 atom stereocenters. The van der Waals surface area contributed by atoms with Gasteiger partial charge in [0, 0.05) is 19.5 Å². The number of amides is 4. The highest BCUT2D eigenvalue weighted by Gasteiger charge is 2.49. The SMILES string of the molecule is O=C(O)CC1(CC(=O)N2CCN3C(=O)N(Cc4ccccc4)C(=O)C3C2)CCCC1. The van der Waals surface area contributed by atoms with E-state index >= 15 is 0 Å². The Kier molecular flexibility index (Phi) is 5.49. The zero-order valence-electron chi connectivity index (χ0n) is 17.0. The molecule has 1 unspecified atom stereocenters. The normalized spacial score (nSPS) is 23.1. The van der Waals surface area contributed by atoms with Crippen molar-refractivity contribution in [2.45, 2.75) is 51.1 Å². The van der Waals surface area contributed by atoms with Crippen LogP contribution in [0.3, 0.4) is 0 Å². The fraction of sp³-hybridized carbons (Fsp3) is 0.545. The van der Waals surface area contributed by atoms with E-state index in [0.29, 0.717) is 13.1 Å². The number of carboxylic acid groups (broad SMARTS) is 1. The van der Waals surface area contributed by atoms with E-state index in [-0.39, 0.29) is 43.8 Å². The fourth-order valence-electron chi connectivity index (χ4n) is 5.08. The number of carbonyl (C=O) groups excluding carboxylic acids is 3. The number of urea groups is 1. The van der Waals surface area contributed by atoms with Crippen molar-refractivity contribution < 1.29 is 24.3 Å². The minimum atomic E-state index is -0.873. The van der Waals surface area contributed by atoms with Crippen molar-refractivity contribution in [3.63, 3.8) is 0 Å². The van der Waals surface area contributed by atoms with E-state index in [0.717, 1.165) is 31.2 Å². The number of piperazine rings is 1. The monoisotopic (exact) mass is 413 g/mol. The molecule has 3 aliphatic rings. The largest absolute Gasteiger partial charge is 0.481 e. The maximum Gasteiger partial charge on any atom is 0.327 e. The van der Waals surface area contributed by atoms with Crippen molar-refractivity contribution in [1.29, 1.82) is 0 Å². The summed E-state index contributed by atoms with van der Waals surface area (Å²) in [6, 6.07) is 8.39. The quantitative estimate of drug-likeness (QED) is 0.720. The zero-order chi connectivity index (χ0) is 21.3. The van der Waals surface area contributed by atoms with Gasteiger partial charge in [-0.2, -0.15) is 0 Å². The number of rotatable bonds is 6. The van der Waals surface area contributed by atoms with Gasteiger partial charge in [0.2, 0.25) is 5.91 Å². The van der Waals surface area contributed by atoms with E-state index < -0.39 is 17.4 Å². The summed E-state index contributed by atoms with van der Waals surface area (Å²) in [4.78, 5) is 54.4. The third kappa shape index (κ3) is 3.91. The number of nitrogens with zero attached hydrogens (tertiary/aromatic N) is 3. The van der Waals surface area contributed by atoms with E-state index in [2.05, 4.69) is 0 Å². The standard InChI is InChI=1S/C22H27N3O5/c26-18(12-22(13-19(27)28)8-4-5-9-22)23-10-11-24-17(15-23)20(29)25(21(24)30)14-16-6-2-1-3-7-16/h1-3,6-7,17H,4-5,8-15H2,(H,27,28). The first-order valence-electron chi connectivity index (χ1n) is 10.5. The molecule has 160 valence electrons. The van der Waals surface area contributed by atoms with Crippen LogP contribution in [0.2, 0.25) is 0 Å². The van der Waals surface area contributed by atoms with Gasteiger partial charge in [0.15, 0.2) is 0 Å². The predicted molar refractivity (Wildman–Crippen MR) is 107 cm³/mol. The van der Waals surface area contributed by atoms with Gasteiger partial charge in [-0.3, -0.25) is 19.3 Å². The summed E-state index contributed by atoms with van der Waals surface area (Å²) in [7, 11) is 0. The van der Waals surface area contributed by atoms with Crippen LogP contribution >= 0.6 is 0 Å². The van der Waals surface area contributed by atoms with Crippen molar-refractivity contribution in [3.8, 4) is 0 Å². The first kappa shape index (κ1) is 20.4. The third-order valence-corrected chi connectivity index (χ3v) is 6.66. The zero-order valence-corrected chi connectivity index (χ0v) is 17.0. The number of carbonyl (C=O) groups is 4. The first-order valence-corrected chi connectivity index (χ1v) is 10.5. The lowest BCUT2D eigenvalue weighted by atomic mass is 9.79. The summed E-state index contributed by atoms with van der Waals surface area (Å²) < 4.78 is 0. The molecule has 2 heterocycles. The van der Waals surface area contributed by atoms with Gasteiger partial charge in [-0.15, -0.1) is 0 Å². The molecule has 1 aliphatic carbocycles. The summed E-state index contributed by atoms with van der Waals surface area (Å²) in [5.74, 6) is -1.26. The molecule has 0 radical (unpaired) electrons. The van der Waals surface area contributed by atoms with Crippen LogP contribution in [-0.2, 0) is 20.9 Å². The predicted octanol–water partition coefficient (Wildman–Crippen LogP) is 2.09. The summed E-state index contributed by atoms with van der Waals surface area (Å²) in [5, 5.41) is 9.28. The molecular formula is C22H27N3O5. The van der Waals surface area contributed by atoms with Crippen molar-refractivity contribution >= 4 is 23.8 Å². The van der Waals surface area contributed by atoms with Gasteiger partial charge in [-0.1, -0.05) is 43.2 Å². The average Bonchev–Trinajstić information content (AvgIpc) is 3.26. The van der Waals surface area contributed by atoms with Crippen molar-refractivity contribution in [2.24, 2.45) is 5.41 Å². The van der Waals surface area contributed by atoms with Gasteiger partial charge in [0.25, 0.3) is 5.91 Å². The lowest BCUT2D eigenvalue weighted by molar-refractivity contribution is -0.142. The number of fused-ring (bicyclic) bond motifs is 1. The van der Waals surface area contributed by atoms with Gasteiger partial charge in [0.1, 0.15) is 6.04 Å². The highest BCUT2D eigenvalue weighted by atomic mass is 16.4. The van der Waals surface area contributed by atoms with Crippen LogP contribution in [0.4, 0.5) is 4.79 Å². The number of hydrogen-bond donors (Lipinski definition) is 1. The van der Waals surface area contributed by atoms with Gasteiger partial charge >= 0.3 is 12.0 Å². The molecule has 4 amide bonds. The number of benzene rings is 1. The highest BCUT2D eigenvalue weighted by molar-refractivity contribution is 6.04. The molecule has 3 fully saturated rings. The molecule has 2 saturated heterocycles. The highest BCUT2D eigenvalue weighted by Crippen LogP contribution is 2.44. The number of aliphatic carboxylic acids is 1. The molecule has 0 bridgehead atoms. The molecule has 8 heteroatoms. The Balaban J connectivity index is 1.42. The van der Waals surface area contributed by atoms with Crippen LogP contribution in [0.25, 0.3) is 0 Å². The van der Waals surface area contributed by atoms with E-state index in [1.807, 2.05) is 30.3 Å². The minimum Gasteiger partial charge on any atom is -0.481 e. The molecule has 30 heavy (non-hydrogen) atoms. The van der Waals surface area contributed by atoms with Crippen molar-refractivity contribution in [1.82, 2.24) is 14.7 Å². The van der Waals surface area contributed by atoms with Crippen molar-refractivity contribution in [2.75, 3.05) is 19.6 Å². The molecular weight excluding hydrogens is 386 g/mol. The minimum absolute atomic E-state index is 0.00437. The van der Waals surface area contributed by atoms with Gasteiger partial charge < -0.3 is 14.9 Å².